The molecular weight excluding hydrogens is 380 g/mol. The predicted molar refractivity (Wildman–Crippen MR) is 112 cm³/mol. The van der Waals surface area contributed by atoms with Crippen molar-refractivity contribution in [2.75, 3.05) is 57.0 Å². The van der Waals surface area contributed by atoms with Crippen LogP contribution in [-0.2, 0) is 10.0 Å². The van der Waals surface area contributed by atoms with Gasteiger partial charge in [-0.2, -0.15) is 0 Å². The Hall–Kier alpha value is -1.71. The van der Waals surface area contributed by atoms with Crippen LogP contribution in [0, 0.1) is 16.0 Å². The Kier molecular flexibility index (Phi) is 8.21. The summed E-state index contributed by atoms with van der Waals surface area (Å²) < 4.78 is 25.8. The van der Waals surface area contributed by atoms with E-state index in [-0.39, 0.29) is 22.3 Å². The monoisotopic (exact) mass is 412 g/mol. The minimum Gasteiger partial charge on any atom is -0.369 e. The molecule has 1 heterocycles. The number of nitro benzene ring substituents is 1. The summed E-state index contributed by atoms with van der Waals surface area (Å²) in [6.45, 7) is 8.82. The van der Waals surface area contributed by atoms with Crippen molar-refractivity contribution >= 4 is 21.4 Å². The van der Waals surface area contributed by atoms with Crippen molar-refractivity contribution in [3.8, 4) is 0 Å². The number of benzene rings is 1. The van der Waals surface area contributed by atoms with Gasteiger partial charge in [-0.1, -0.05) is 19.9 Å². The summed E-state index contributed by atoms with van der Waals surface area (Å²) in [5, 5.41) is 10.9. The number of hydrogen-bond acceptors (Lipinski definition) is 6. The zero-order valence-electron chi connectivity index (χ0n) is 17.1. The van der Waals surface area contributed by atoms with Gasteiger partial charge in [0.2, 0.25) is 10.0 Å². The summed E-state index contributed by atoms with van der Waals surface area (Å²) in [5.74, 6) is 0.332. The van der Waals surface area contributed by atoms with Gasteiger partial charge in [0.25, 0.3) is 5.69 Å². The first-order valence-corrected chi connectivity index (χ1v) is 11.5. The van der Waals surface area contributed by atoms with Crippen LogP contribution in [0.3, 0.4) is 0 Å². The fourth-order valence-electron chi connectivity index (χ4n) is 3.39. The molecule has 0 radical (unpaired) electrons. The normalized spacial score (nSPS) is 16.1. The first-order valence-electron chi connectivity index (χ1n) is 9.85. The second-order valence-corrected chi connectivity index (χ2v) is 9.93. The summed E-state index contributed by atoms with van der Waals surface area (Å²) in [6.07, 6.45) is 1.80. The molecule has 28 heavy (non-hydrogen) atoms. The molecule has 2 rings (SSSR count). The van der Waals surface area contributed by atoms with Crippen molar-refractivity contribution < 1.29 is 13.3 Å². The van der Waals surface area contributed by atoms with Gasteiger partial charge in [0.05, 0.1) is 10.7 Å². The van der Waals surface area contributed by atoms with Gasteiger partial charge in [0, 0.05) is 57.6 Å². The van der Waals surface area contributed by atoms with Crippen LogP contribution in [0.1, 0.15) is 26.7 Å². The van der Waals surface area contributed by atoms with Gasteiger partial charge in [0.15, 0.2) is 0 Å². The molecule has 1 aliphatic heterocycles. The van der Waals surface area contributed by atoms with Gasteiger partial charge in [-0.05, 0) is 31.4 Å². The summed E-state index contributed by atoms with van der Waals surface area (Å²) in [4.78, 5) is 15.1. The SMILES string of the molecule is CC(C)CS(=O)(=O)N(C)CCCCN1CCN(c2cccc([N+](=O)[O-])c2)CC1. The average Bonchev–Trinajstić information content (AvgIpc) is 2.64. The molecule has 8 nitrogen and oxygen atoms in total. The second kappa shape index (κ2) is 10.2. The van der Waals surface area contributed by atoms with E-state index >= 15 is 0 Å². The maximum atomic E-state index is 12.1. The minimum absolute atomic E-state index is 0.122. The number of rotatable bonds is 10. The van der Waals surface area contributed by atoms with Crippen molar-refractivity contribution in [3.63, 3.8) is 0 Å². The van der Waals surface area contributed by atoms with Crippen LogP contribution >= 0.6 is 0 Å². The maximum Gasteiger partial charge on any atom is 0.271 e. The highest BCUT2D eigenvalue weighted by Gasteiger charge is 2.20. The number of unbranched alkanes of at least 4 members (excludes halogenated alkanes) is 1. The number of sulfonamides is 1. The number of anilines is 1. The lowest BCUT2D eigenvalue weighted by Gasteiger charge is -2.36. The molecule has 1 saturated heterocycles. The molecule has 1 fully saturated rings. The molecule has 158 valence electrons. The van der Waals surface area contributed by atoms with Crippen LogP contribution < -0.4 is 4.90 Å². The largest absolute Gasteiger partial charge is 0.369 e. The lowest BCUT2D eigenvalue weighted by atomic mass is 10.2. The molecule has 0 bridgehead atoms. The Bertz CT molecular complexity index is 746. The number of piperazine rings is 1. The molecule has 0 atom stereocenters. The van der Waals surface area contributed by atoms with Crippen LogP contribution in [0.25, 0.3) is 0 Å². The minimum atomic E-state index is -3.15. The predicted octanol–water partition coefficient (Wildman–Crippen LogP) is 2.41. The van der Waals surface area contributed by atoms with Crippen LogP contribution in [0.5, 0.6) is 0 Å². The van der Waals surface area contributed by atoms with Gasteiger partial charge < -0.3 is 4.90 Å². The second-order valence-electron chi connectivity index (χ2n) is 7.81. The Morgan fingerprint density at radius 3 is 2.46 bits per heavy atom. The van der Waals surface area contributed by atoms with Crippen LogP contribution in [0.4, 0.5) is 11.4 Å². The number of nitro groups is 1. The third kappa shape index (κ3) is 6.72. The van der Waals surface area contributed by atoms with Crippen molar-refractivity contribution in [2.45, 2.75) is 26.7 Å². The topological polar surface area (TPSA) is 87.0 Å². The van der Waals surface area contributed by atoms with E-state index < -0.39 is 10.0 Å². The van der Waals surface area contributed by atoms with Crippen molar-refractivity contribution in [1.82, 2.24) is 9.21 Å². The zero-order valence-corrected chi connectivity index (χ0v) is 17.9. The highest BCUT2D eigenvalue weighted by molar-refractivity contribution is 7.89. The first kappa shape index (κ1) is 22.6. The standard InChI is InChI=1S/C19H32N4O4S/c1-17(2)16-28(26,27)20(3)9-4-5-10-21-11-13-22(14-12-21)18-7-6-8-19(15-18)23(24)25/h6-8,15,17H,4-5,9-14,16H2,1-3H3. The highest BCUT2D eigenvalue weighted by Crippen LogP contribution is 2.22. The van der Waals surface area contributed by atoms with E-state index in [1.807, 2.05) is 19.9 Å². The third-order valence-corrected chi connectivity index (χ3v) is 7.21. The molecule has 0 aliphatic carbocycles. The molecule has 0 unspecified atom stereocenters. The molecule has 0 amide bonds. The van der Waals surface area contributed by atoms with E-state index in [9.17, 15) is 18.5 Å². The molecule has 1 aromatic rings. The molecule has 0 aromatic heterocycles. The third-order valence-electron chi connectivity index (χ3n) is 4.99. The van der Waals surface area contributed by atoms with Gasteiger partial charge in [-0.25, -0.2) is 12.7 Å². The molecule has 0 spiro atoms. The molecule has 9 heteroatoms. The summed E-state index contributed by atoms with van der Waals surface area (Å²) >= 11 is 0. The molecule has 1 aliphatic rings. The van der Waals surface area contributed by atoms with E-state index in [1.54, 1.807) is 19.2 Å². The van der Waals surface area contributed by atoms with E-state index in [1.165, 1.54) is 10.4 Å². The number of nitrogens with zero attached hydrogens (tertiary/aromatic N) is 4. The molecular formula is C19H32N4O4S. The van der Waals surface area contributed by atoms with E-state index in [2.05, 4.69) is 9.80 Å². The van der Waals surface area contributed by atoms with Gasteiger partial charge >= 0.3 is 0 Å². The Morgan fingerprint density at radius 1 is 1.18 bits per heavy atom. The first-order chi connectivity index (χ1) is 13.2. The summed E-state index contributed by atoms with van der Waals surface area (Å²) in [5.41, 5.74) is 1.02. The Labute approximate surface area is 168 Å². The average molecular weight is 413 g/mol. The summed E-state index contributed by atoms with van der Waals surface area (Å²) in [7, 11) is -1.49. The van der Waals surface area contributed by atoms with Gasteiger partial charge in [-0.15, -0.1) is 0 Å². The van der Waals surface area contributed by atoms with E-state index in [0.717, 1.165) is 51.3 Å². The van der Waals surface area contributed by atoms with E-state index in [0.29, 0.717) is 6.54 Å². The van der Waals surface area contributed by atoms with Crippen LogP contribution in [0.2, 0.25) is 0 Å². The number of hydrogen-bond donors (Lipinski definition) is 0. The zero-order chi connectivity index (χ0) is 20.7. The maximum absolute atomic E-state index is 12.1. The lowest BCUT2D eigenvalue weighted by molar-refractivity contribution is -0.384. The van der Waals surface area contributed by atoms with Crippen LogP contribution in [0.15, 0.2) is 24.3 Å². The Balaban J connectivity index is 1.70. The molecule has 0 saturated carbocycles. The lowest BCUT2D eigenvalue weighted by Crippen LogP contribution is -2.46. The number of non-ortho nitro benzene ring substituents is 1. The fourth-order valence-corrected chi connectivity index (χ4v) is 4.89. The van der Waals surface area contributed by atoms with Crippen molar-refractivity contribution in [3.05, 3.63) is 34.4 Å². The van der Waals surface area contributed by atoms with Gasteiger partial charge in [-0.3, -0.25) is 15.0 Å². The fraction of sp³-hybridized carbons (Fsp3) is 0.684. The van der Waals surface area contributed by atoms with Gasteiger partial charge in [0.1, 0.15) is 0 Å². The highest BCUT2D eigenvalue weighted by atomic mass is 32.2. The van der Waals surface area contributed by atoms with Crippen LogP contribution in [-0.4, -0.2) is 74.6 Å². The van der Waals surface area contributed by atoms with Crippen molar-refractivity contribution in [1.29, 1.82) is 0 Å². The van der Waals surface area contributed by atoms with E-state index in [4.69, 9.17) is 0 Å². The molecule has 0 N–H and O–H groups in total. The Morgan fingerprint density at radius 2 is 1.86 bits per heavy atom. The van der Waals surface area contributed by atoms with Crippen molar-refractivity contribution in [2.24, 2.45) is 5.92 Å². The molecule has 1 aromatic carbocycles. The summed E-state index contributed by atoms with van der Waals surface area (Å²) in [6, 6.07) is 6.78. The quantitative estimate of drug-likeness (QED) is 0.333. The smallest absolute Gasteiger partial charge is 0.271 e.